The Bertz CT molecular complexity index is 73.6. The lowest BCUT2D eigenvalue weighted by molar-refractivity contribution is -0.917. The van der Waals surface area contributed by atoms with Gasteiger partial charge in [-0.15, -0.1) is 0 Å². The van der Waals surface area contributed by atoms with Gasteiger partial charge in [-0.1, -0.05) is 0 Å². The van der Waals surface area contributed by atoms with E-state index in [9.17, 15) is 0 Å². The van der Waals surface area contributed by atoms with Crippen LogP contribution in [0.1, 0.15) is 0 Å². The summed E-state index contributed by atoms with van der Waals surface area (Å²) in [6.45, 7) is 0.569. The molecule has 0 radical (unpaired) electrons. The molecular formula is C6H17N2O+. The molecule has 0 saturated carbocycles. The summed E-state index contributed by atoms with van der Waals surface area (Å²) in [6.07, 6.45) is 0.116. The highest BCUT2D eigenvalue weighted by Gasteiger charge is 2.20. The van der Waals surface area contributed by atoms with Gasteiger partial charge in [-0.3, -0.25) is 0 Å². The maximum absolute atomic E-state index is 5.43. The lowest BCUT2D eigenvalue weighted by Crippen LogP contribution is -2.50. The summed E-state index contributed by atoms with van der Waals surface area (Å²) < 4.78 is 5.87. The molecule has 0 saturated heterocycles. The van der Waals surface area contributed by atoms with Gasteiger partial charge < -0.3 is 15.0 Å². The van der Waals surface area contributed by atoms with Gasteiger partial charge >= 0.3 is 0 Å². The van der Waals surface area contributed by atoms with Gasteiger partial charge in [0.2, 0.25) is 6.23 Å². The van der Waals surface area contributed by atoms with Crippen LogP contribution in [0.3, 0.4) is 0 Å². The molecule has 3 heteroatoms. The highest BCUT2D eigenvalue weighted by atomic mass is 16.5. The fourth-order valence-electron chi connectivity index (χ4n) is 0.729. The Hall–Kier alpha value is -0.120. The van der Waals surface area contributed by atoms with Crippen LogP contribution in [0.25, 0.3) is 0 Å². The van der Waals surface area contributed by atoms with Crippen LogP contribution in [0.5, 0.6) is 0 Å². The van der Waals surface area contributed by atoms with Crippen molar-refractivity contribution in [2.75, 3.05) is 34.8 Å². The molecule has 0 aromatic heterocycles. The van der Waals surface area contributed by atoms with Crippen LogP contribution in [-0.2, 0) is 4.74 Å². The number of likely N-dealkylation sites (N-methyl/N-ethyl adjacent to an activating group) is 1. The fourth-order valence-corrected chi connectivity index (χ4v) is 0.729. The van der Waals surface area contributed by atoms with Gasteiger partial charge in [0.15, 0.2) is 0 Å². The highest BCUT2D eigenvalue weighted by Crippen LogP contribution is 2.00. The molecule has 0 heterocycles. The molecule has 0 aliphatic rings. The maximum atomic E-state index is 5.43. The van der Waals surface area contributed by atoms with Crippen molar-refractivity contribution in [2.24, 2.45) is 5.73 Å². The third-order valence-electron chi connectivity index (χ3n) is 1.34. The number of methoxy groups -OCH3 is 1. The summed E-state index contributed by atoms with van der Waals surface area (Å²) in [5.41, 5.74) is 5.43. The van der Waals surface area contributed by atoms with E-state index in [-0.39, 0.29) is 6.23 Å². The third-order valence-corrected chi connectivity index (χ3v) is 1.34. The second kappa shape index (κ2) is 3.15. The van der Waals surface area contributed by atoms with Crippen LogP contribution >= 0.6 is 0 Å². The minimum Gasteiger partial charge on any atom is -0.331 e. The van der Waals surface area contributed by atoms with Gasteiger partial charge in [0.1, 0.15) is 0 Å². The van der Waals surface area contributed by atoms with Crippen LogP contribution in [0.4, 0.5) is 0 Å². The summed E-state index contributed by atoms with van der Waals surface area (Å²) in [5.74, 6) is 0. The average Bonchev–Trinajstić information content (AvgIpc) is 1.65. The Morgan fingerprint density at radius 2 is 1.89 bits per heavy atom. The molecule has 0 rings (SSSR count). The van der Waals surface area contributed by atoms with Crippen molar-refractivity contribution in [1.82, 2.24) is 0 Å². The predicted octanol–water partition coefficient (Wildman–Crippen LogP) is -0.376. The Morgan fingerprint density at radius 3 is 1.89 bits per heavy atom. The molecule has 0 aromatic carbocycles. The molecule has 3 nitrogen and oxygen atoms in total. The van der Waals surface area contributed by atoms with Crippen molar-refractivity contribution >= 4 is 0 Å². The van der Waals surface area contributed by atoms with Crippen LogP contribution in [0, 0.1) is 0 Å². The van der Waals surface area contributed by atoms with Gasteiger partial charge in [0.05, 0.1) is 27.7 Å². The number of nitrogens with zero attached hydrogens (tertiary/aromatic N) is 1. The third kappa shape index (κ3) is 2.79. The van der Waals surface area contributed by atoms with Crippen molar-refractivity contribution < 1.29 is 9.22 Å². The molecular weight excluding hydrogens is 116 g/mol. The Morgan fingerprint density at radius 1 is 1.44 bits per heavy atom. The minimum absolute atomic E-state index is 0.116. The Balaban J connectivity index is 3.79. The van der Waals surface area contributed by atoms with Crippen molar-refractivity contribution in [2.45, 2.75) is 6.23 Å². The van der Waals surface area contributed by atoms with Crippen molar-refractivity contribution in [3.8, 4) is 0 Å². The zero-order valence-electron chi connectivity index (χ0n) is 6.72. The molecule has 1 atom stereocenters. The van der Waals surface area contributed by atoms with E-state index in [2.05, 4.69) is 21.1 Å². The SMILES string of the molecule is COC(CN)[N+](C)(C)C. The molecule has 9 heavy (non-hydrogen) atoms. The highest BCUT2D eigenvalue weighted by molar-refractivity contribution is 4.40. The van der Waals surface area contributed by atoms with Crippen LogP contribution in [0.2, 0.25) is 0 Å². The first kappa shape index (κ1) is 8.88. The molecule has 1 unspecified atom stereocenters. The molecule has 0 fully saturated rings. The maximum Gasteiger partial charge on any atom is 0.204 e. The average molecular weight is 133 g/mol. The second-order valence-corrected chi connectivity index (χ2v) is 3.04. The number of rotatable bonds is 3. The molecule has 2 N–H and O–H groups in total. The second-order valence-electron chi connectivity index (χ2n) is 3.04. The first-order valence-corrected chi connectivity index (χ1v) is 3.06. The molecule has 0 spiro atoms. The van der Waals surface area contributed by atoms with Gasteiger partial charge in [-0.05, 0) is 0 Å². The molecule has 0 amide bonds. The quantitative estimate of drug-likeness (QED) is 0.421. The first-order valence-electron chi connectivity index (χ1n) is 3.06. The number of hydrogen-bond donors (Lipinski definition) is 1. The largest absolute Gasteiger partial charge is 0.331 e. The van der Waals surface area contributed by atoms with E-state index in [0.717, 1.165) is 4.48 Å². The van der Waals surface area contributed by atoms with Crippen LogP contribution < -0.4 is 5.73 Å². The van der Waals surface area contributed by atoms with E-state index in [1.54, 1.807) is 7.11 Å². The summed E-state index contributed by atoms with van der Waals surface area (Å²) >= 11 is 0. The monoisotopic (exact) mass is 133 g/mol. The van der Waals surface area contributed by atoms with Gasteiger partial charge in [-0.2, -0.15) is 0 Å². The Kier molecular flexibility index (Phi) is 3.11. The number of nitrogens with two attached hydrogens (primary N) is 1. The smallest absolute Gasteiger partial charge is 0.204 e. The van der Waals surface area contributed by atoms with Crippen molar-refractivity contribution in [3.05, 3.63) is 0 Å². The summed E-state index contributed by atoms with van der Waals surface area (Å²) in [7, 11) is 7.85. The van der Waals surface area contributed by atoms with E-state index in [0.29, 0.717) is 6.54 Å². The van der Waals surface area contributed by atoms with E-state index in [4.69, 9.17) is 10.5 Å². The van der Waals surface area contributed by atoms with Crippen molar-refractivity contribution in [1.29, 1.82) is 0 Å². The molecule has 0 aliphatic heterocycles. The number of quaternary nitrogens is 1. The van der Waals surface area contributed by atoms with Crippen LogP contribution in [-0.4, -0.2) is 45.5 Å². The van der Waals surface area contributed by atoms with Crippen molar-refractivity contribution in [3.63, 3.8) is 0 Å². The van der Waals surface area contributed by atoms with E-state index in [1.165, 1.54) is 0 Å². The number of hydrogen-bond acceptors (Lipinski definition) is 2. The summed E-state index contributed by atoms with van der Waals surface area (Å²) in [4.78, 5) is 0. The van der Waals surface area contributed by atoms with Gasteiger partial charge in [-0.25, -0.2) is 0 Å². The predicted molar refractivity (Wildman–Crippen MR) is 37.9 cm³/mol. The zero-order valence-corrected chi connectivity index (χ0v) is 6.72. The molecule has 0 bridgehead atoms. The first-order chi connectivity index (χ1) is 4.02. The summed E-state index contributed by atoms with van der Waals surface area (Å²) in [5, 5.41) is 0. The minimum atomic E-state index is 0.116. The molecule has 0 aliphatic carbocycles. The topological polar surface area (TPSA) is 35.2 Å². The van der Waals surface area contributed by atoms with Crippen LogP contribution in [0.15, 0.2) is 0 Å². The fraction of sp³-hybridized carbons (Fsp3) is 1.00. The zero-order chi connectivity index (χ0) is 7.49. The standard InChI is InChI=1S/C6H17N2O/c1-8(2,3)6(5-7)9-4/h6H,5,7H2,1-4H3/q+1. The van der Waals surface area contributed by atoms with E-state index >= 15 is 0 Å². The lowest BCUT2D eigenvalue weighted by Gasteiger charge is -2.31. The normalized spacial score (nSPS) is 15.7. The van der Waals surface area contributed by atoms with E-state index in [1.807, 2.05) is 0 Å². The Labute approximate surface area is 57.0 Å². The molecule has 0 aromatic rings. The summed E-state index contributed by atoms with van der Waals surface area (Å²) in [6, 6.07) is 0. The van der Waals surface area contributed by atoms with Gasteiger partial charge in [0, 0.05) is 7.11 Å². The lowest BCUT2D eigenvalue weighted by atomic mass is 10.4. The van der Waals surface area contributed by atoms with Gasteiger partial charge in [0.25, 0.3) is 0 Å². The van der Waals surface area contributed by atoms with E-state index < -0.39 is 0 Å². The molecule has 56 valence electrons. The number of ether oxygens (including phenoxy) is 1.